The van der Waals surface area contributed by atoms with E-state index in [4.69, 9.17) is 24.0 Å². The van der Waals surface area contributed by atoms with Crippen LogP contribution in [0.15, 0.2) is 71.8 Å². The molecule has 0 saturated carbocycles. The summed E-state index contributed by atoms with van der Waals surface area (Å²) in [5.74, 6) is 1.46. The number of aryl methyl sites for hydroxylation is 1. The van der Waals surface area contributed by atoms with Crippen molar-refractivity contribution in [3.8, 4) is 17.2 Å². The van der Waals surface area contributed by atoms with E-state index in [0.717, 1.165) is 35.5 Å². The van der Waals surface area contributed by atoms with Gasteiger partial charge >= 0.3 is 0 Å². The van der Waals surface area contributed by atoms with Gasteiger partial charge < -0.3 is 23.8 Å². The number of carbonyl (C=O) groups is 2. The van der Waals surface area contributed by atoms with Crippen molar-refractivity contribution in [2.24, 2.45) is 5.10 Å². The number of methoxy groups -OCH3 is 3. The Morgan fingerprint density at radius 2 is 1.59 bits per heavy atom. The standard InChI is InChI=1S/C34H40N4O6/c1-24-5-7-25(8-6-24)31-22-30(29-14-13-28(42-3)21-32(29)43-4)35-38(31)33(39)23-37(16-15-36-17-19-44-20-18-36)34(40)26-9-11-27(41-2)12-10-26/h5-14,21,31H,15-20,22-23H2,1-4H3. The van der Waals surface area contributed by atoms with Gasteiger partial charge in [0.15, 0.2) is 0 Å². The number of amides is 2. The van der Waals surface area contributed by atoms with Crippen LogP contribution in [0.4, 0.5) is 0 Å². The second-order valence-electron chi connectivity index (χ2n) is 10.9. The average molecular weight is 601 g/mol. The topological polar surface area (TPSA) is 93.1 Å². The fourth-order valence-corrected chi connectivity index (χ4v) is 5.48. The summed E-state index contributed by atoms with van der Waals surface area (Å²) in [6.07, 6.45) is 0.498. The van der Waals surface area contributed by atoms with Crippen molar-refractivity contribution in [3.05, 3.63) is 89.0 Å². The van der Waals surface area contributed by atoms with Gasteiger partial charge in [0.05, 0.1) is 46.3 Å². The van der Waals surface area contributed by atoms with E-state index in [2.05, 4.69) is 4.90 Å². The smallest absolute Gasteiger partial charge is 0.262 e. The van der Waals surface area contributed by atoms with Crippen molar-refractivity contribution in [1.82, 2.24) is 14.8 Å². The quantitative estimate of drug-likeness (QED) is 0.326. The van der Waals surface area contributed by atoms with Crippen LogP contribution in [0.1, 0.15) is 39.5 Å². The first kappa shape index (κ1) is 31.0. The van der Waals surface area contributed by atoms with E-state index in [1.54, 1.807) is 50.5 Å². The highest BCUT2D eigenvalue weighted by Crippen LogP contribution is 2.36. The summed E-state index contributed by atoms with van der Waals surface area (Å²) in [7, 11) is 4.79. The maximum Gasteiger partial charge on any atom is 0.262 e. The van der Waals surface area contributed by atoms with Crippen molar-refractivity contribution in [1.29, 1.82) is 0 Å². The molecule has 0 aromatic heterocycles. The molecule has 2 amide bonds. The van der Waals surface area contributed by atoms with Gasteiger partial charge in [0.2, 0.25) is 0 Å². The van der Waals surface area contributed by atoms with Crippen LogP contribution < -0.4 is 14.2 Å². The number of carbonyl (C=O) groups excluding carboxylic acids is 2. The van der Waals surface area contributed by atoms with E-state index in [1.807, 2.05) is 49.4 Å². The molecule has 232 valence electrons. The molecule has 1 unspecified atom stereocenters. The normalized spacial score (nSPS) is 16.8. The van der Waals surface area contributed by atoms with E-state index in [0.29, 0.717) is 55.5 Å². The molecular weight excluding hydrogens is 560 g/mol. The van der Waals surface area contributed by atoms with Gasteiger partial charge in [-0.3, -0.25) is 14.5 Å². The first-order chi connectivity index (χ1) is 21.4. The predicted octanol–water partition coefficient (Wildman–Crippen LogP) is 4.17. The number of morpholine rings is 1. The molecule has 0 spiro atoms. The van der Waals surface area contributed by atoms with Crippen LogP contribution in [-0.4, -0.2) is 99.6 Å². The number of ether oxygens (including phenoxy) is 4. The van der Waals surface area contributed by atoms with Crippen LogP contribution in [-0.2, 0) is 9.53 Å². The molecule has 0 radical (unpaired) electrons. The Morgan fingerprint density at radius 3 is 2.25 bits per heavy atom. The van der Waals surface area contributed by atoms with Crippen molar-refractivity contribution in [2.45, 2.75) is 19.4 Å². The molecule has 10 nitrogen and oxygen atoms in total. The van der Waals surface area contributed by atoms with E-state index in [9.17, 15) is 9.59 Å². The van der Waals surface area contributed by atoms with Gasteiger partial charge in [-0.2, -0.15) is 5.10 Å². The van der Waals surface area contributed by atoms with Gasteiger partial charge in [-0.1, -0.05) is 29.8 Å². The summed E-state index contributed by atoms with van der Waals surface area (Å²) in [5.41, 5.74) is 4.10. The Bertz CT molecular complexity index is 1470. The zero-order valence-electron chi connectivity index (χ0n) is 25.8. The number of hydrogen-bond donors (Lipinski definition) is 0. The highest BCUT2D eigenvalue weighted by atomic mass is 16.5. The highest BCUT2D eigenvalue weighted by molar-refractivity contribution is 6.05. The molecule has 2 aliphatic rings. The Morgan fingerprint density at radius 1 is 0.909 bits per heavy atom. The van der Waals surface area contributed by atoms with Crippen molar-refractivity contribution in [3.63, 3.8) is 0 Å². The Hall–Kier alpha value is -4.41. The number of benzene rings is 3. The zero-order valence-corrected chi connectivity index (χ0v) is 25.8. The van der Waals surface area contributed by atoms with E-state index in [1.165, 1.54) is 5.01 Å². The molecule has 0 aliphatic carbocycles. The van der Waals surface area contributed by atoms with Crippen LogP contribution in [0.2, 0.25) is 0 Å². The van der Waals surface area contributed by atoms with Crippen LogP contribution in [0.25, 0.3) is 0 Å². The Kier molecular flexibility index (Phi) is 10.1. The van der Waals surface area contributed by atoms with Gasteiger partial charge in [-0.15, -0.1) is 0 Å². The number of hydrogen-bond acceptors (Lipinski definition) is 8. The van der Waals surface area contributed by atoms with Crippen molar-refractivity contribution >= 4 is 17.5 Å². The zero-order chi connectivity index (χ0) is 31.1. The molecular formula is C34H40N4O6. The molecule has 2 aliphatic heterocycles. The monoisotopic (exact) mass is 600 g/mol. The Balaban J connectivity index is 1.44. The average Bonchev–Trinajstić information content (AvgIpc) is 3.52. The molecule has 1 fully saturated rings. The second-order valence-corrected chi connectivity index (χ2v) is 10.9. The third-order valence-corrected chi connectivity index (χ3v) is 8.09. The first-order valence-electron chi connectivity index (χ1n) is 14.8. The molecule has 3 aromatic carbocycles. The molecule has 0 bridgehead atoms. The molecule has 3 aromatic rings. The highest BCUT2D eigenvalue weighted by Gasteiger charge is 2.35. The minimum Gasteiger partial charge on any atom is -0.497 e. The first-order valence-corrected chi connectivity index (χ1v) is 14.8. The van der Waals surface area contributed by atoms with E-state index >= 15 is 0 Å². The summed E-state index contributed by atoms with van der Waals surface area (Å²) < 4.78 is 21.8. The van der Waals surface area contributed by atoms with E-state index < -0.39 is 0 Å². The molecule has 44 heavy (non-hydrogen) atoms. The van der Waals surface area contributed by atoms with Gasteiger partial charge in [0, 0.05) is 49.8 Å². The number of nitrogens with zero attached hydrogens (tertiary/aromatic N) is 4. The summed E-state index contributed by atoms with van der Waals surface area (Å²) >= 11 is 0. The van der Waals surface area contributed by atoms with Gasteiger partial charge in [0.25, 0.3) is 11.8 Å². The SMILES string of the molecule is COc1ccc(C(=O)N(CCN2CCOCC2)CC(=O)N2N=C(c3ccc(OC)cc3OC)CC2c2ccc(C)cc2)cc1. The largest absolute Gasteiger partial charge is 0.497 e. The van der Waals surface area contributed by atoms with Crippen LogP contribution >= 0.6 is 0 Å². The lowest BCUT2D eigenvalue weighted by molar-refractivity contribution is -0.133. The minimum atomic E-state index is -0.331. The molecule has 1 saturated heterocycles. The fraction of sp³-hybridized carbons (Fsp3) is 0.382. The second kappa shape index (κ2) is 14.4. The van der Waals surface area contributed by atoms with E-state index in [-0.39, 0.29) is 24.4 Å². The summed E-state index contributed by atoms with van der Waals surface area (Å²) in [4.78, 5) is 31.8. The predicted molar refractivity (Wildman–Crippen MR) is 168 cm³/mol. The van der Waals surface area contributed by atoms with Gasteiger partial charge in [-0.25, -0.2) is 5.01 Å². The summed E-state index contributed by atoms with van der Waals surface area (Å²) in [6.45, 7) is 5.83. The molecule has 1 atom stereocenters. The van der Waals surface area contributed by atoms with Crippen molar-refractivity contribution < 1.29 is 28.5 Å². The Labute approximate surface area is 258 Å². The van der Waals surface area contributed by atoms with Crippen LogP contribution in [0.3, 0.4) is 0 Å². The van der Waals surface area contributed by atoms with Crippen LogP contribution in [0.5, 0.6) is 17.2 Å². The fourth-order valence-electron chi connectivity index (χ4n) is 5.48. The summed E-state index contributed by atoms with van der Waals surface area (Å²) in [5, 5.41) is 6.39. The molecule has 0 N–H and O–H groups in total. The lowest BCUT2D eigenvalue weighted by Crippen LogP contribution is -2.46. The van der Waals surface area contributed by atoms with Crippen molar-refractivity contribution in [2.75, 3.05) is 67.3 Å². The lowest BCUT2D eigenvalue weighted by Gasteiger charge is -2.31. The van der Waals surface area contributed by atoms with Gasteiger partial charge in [-0.05, 0) is 48.9 Å². The molecule has 5 rings (SSSR count). The molecule has 10 heteroatoms. The lowest BCUT2D eigenvalue weighted by atomic mass is 9.97. The maximum atomic E-state index is 14.1. The number of hydrazone groups is 1. The van der Waals surface area contributed by atoms with Crippen LogP contribution in [0, 0.1) is 6.92 Å². The molecule has 2 heterocycles. The summed E-state index contributed by atoms with van der Waals surface area (Å²) in [6, 6.07) is 20.3. The van der Waals surface area contributed by atoms with Gasteiger partial charge in [0.1, 0.15) is 23.8 Å². The third-order valence-electron chi connectivity index (χ3n) is 8.09. The third kappa shape index (κ3) is 7.20. The number of rotatable bonds is 11. The maximum absolute atomic E-state index is 14.1. The minimum absolute atomic E-state index is 0.117.